The van der Waals surface area contributed by atoms with E-state index < -0.39 is 17.7 Å². The van der Waals surface area contributed by atoms with Gasteiger partial charge in [0.1, 0.15) is 11.6 Å². The van der Waals surface area contributed by atoms with Crippen LogP contribution in [0.15, 0.2) is 0 Å². The van der Waals surface area contributed by atoms with Gasteiger partial charge in [-0.1, -0.05) is 6.92 Å². The third-order valence-corrected chi connectivity index (χ3v) is 3.42. The molecule has 1 saturated heterocycles. The standard InChI is InChI=1S/C15H27N3O4/c1-9-7-18(13(20)10(2)16-11(3)19)8-12(9)17-14(21)22-15(4,5)6/h9-10,12H,7-8H2,1-6H3,(H,16,19)(H,17,21). The molecule has 1 fully saturated rings. The van der Waals surface area contributed by atoms with E-state index in [1.807, 2.05) is 6.92 Å². The van der Waals surface area contributed by atoms with Crippen molar-refractivity contribution in [3.63, 3.8) is 0 Å². The number of amides is 3. The molecule has 0 bridgehead atoms. The molecule has 3 amide bonds. The fourth-order valence-electron chi connectivity index (χ4n) is 2.43. The Kier molecular flexibility index (Phi) is 5.79. The lowest BCUT2D eigenvalue weighted by Gasteiger charge is -2.23. The van der Waals surface area contributed by atoms with Crippen molar-refractivity contribution in [1.82, 2.24) is 15.5 Å². The van der Waals surface area contributed by atoms with Gasteiger partial charge in [0, 0.05) is 20.0 Å². The summed E-state index contributed by atoms with van der Waals surface area (Å²) in [5, 5.41) is 5.39. The molecular weight excluding hydrogens is 286 g/mol. The van der Waals surface area contributed by atoms with Crippen molar-refractivity contribution in [2.45, 2.75) is 59.2 Å². The SMILES string of the molecule is CC(=O)NC(C)C(=O)N1CC(C)C(NC(=O)OC(C)(C)C)C1. The van der Waals surface area contributed by atoms with Crippen molar-refractivity contribution in [2.24, 2.45) is 5.92 Å². The van der Waals surface area contributed by atoms with Crippen LogP contribution in [0.5, 0.6) is 0 Å². The molecule has 3 atom stereocenters. The van der Waals surface area contributed by atoms with Crippen LogP contribution in [-0.4, -0.2) is 53.6 Å². The van der Waals surface area contributed by atoms with Crippen LogP contribution in [0, 0.1) is 5.92 Å². The monoisotopic (exact) mass is 313 g/mol. The fraction of sp³-hybridized carbons (Fsp3) is 0.800. The maximum atomic E-state index is 12.3. The number of rotatable bonds is 3. The smallest absolute Gasteiger partial charge is 0.407 e. The van der Waals surface area contributed by atoms with E-state index in [0.717, 1.165) is 0 Å². The highest BCUT2D eigenvalue weighted by Gasteiger charge is 2.35. The Bertz CT molecular complexity index is 445. The summed E-state index contributed by atoms with van der Waals surface area (Å²) in [6, 6.07) is -0.715. The maximum Gasteiger partial charge on any atom is 0.407 e. The van der Waals surface area contributed by atoms with Gasteiger partial charge in [-0.2, -0.15) is 0 Å². The van der Waals surface area contributed by atoms with Crippen LogP contribution >= 0.6 is 0 Å². The molecule has 0 aliphatic carbocycles. The van der Waals surface area contributed by atoms with Crippen molar-refractivity contribution < 1.29 is 19.1 Å². The zero-order chi connectivity index (χ0) is 17.1. The van der Waals surface area contributed by atoms with Crippen molar-refractivity contribution in [1.29, 1.82) is 0 Å². The van der Waals surface area contributed by atoms with Crippen LogP contribution < -0.4 is 10.6 Å². The number of likely N-dealkylation sites (tertiary alicyclic amines) is 1. The van der Waals surface area contributed by atoms with E-state index in [0.29, 0.717) is 13.1 Å². The van der Waals surface area contributed by atoms with Crippen LogP contribution in [0.2, 0.25) is 0 Å². The van der Waals surface area contributed by atoms with Crippen LogP contribution in [0.3, 0.4) is 0 Å². The van der Waals surface area contributed by atoms with Gasteiger partial charge >= 0.3 is 6.09 Å². The zero-order valence-electron chi connectivity index (χ0n) is 14.2. The predicted octanol–water partition coefficient (Wildman–Crippen LogP) is 0.883. The third-order valence-electron chi connectivity index (χ3n) is 3.42. The predicted molar refractivity (Wildman–Crippen MR) is 82.2 cm³/mol. The summed E-state index contributed by atoms with van der Waals surface area (Å²) in [4.78, 5) is 36.8. The molecule has 0 aromatic rings. The van der Waals surface area contributed by atoms with Gasteiger partial charge in [-0.05, 0) is 33.6 Å². The number of hydrogen-bond acceptors (Lipinski definition) is 4. The summed E-state index contributed by atoms with van der Waals surface area (Å²) >= 11 is 0. The second-order valence-corrected chi connectivity index (χ2v) is 6.90. The molecule has 7 heteroatoms. The van der Waals surface area contributed by atoms with Gasteiger partial charge in [0.25, 0.3) is 0 Å². The van der Waals surface area contributed by atoms with Crippen molar-refractivity contribution in [3.05, 3.63) is 0 Å². The molecule has 22 heavy (non-hydrogen) atoms. The van der Waals surface area contributed by atoms with Gasteiger partial charge in [-0.15, -0.1) is 0 Å². The van der Waals surface area contributed by atoms with Gasteiger partial charge in [0.15, 0.2) is 0 Å². The minimum absolute atomic E-state index is 0.126. The first kappa shape index (κ1) is 18.3. The zero-order valence-corrected chi connectivity index (χ0v) is 14.2. The summed E-state index contributed by atoms with van der Waals surface area (Å²) in [5.41, 5.74) is -0.554. The Balaban J connectivity index is 2.56. The fourth-order valence-corrected chi connectivity index (χ4v) is 2.43. The van der Waals surface area contributed by atoms with Crippen molar-refractivity contribution >= 4 is 17.9 Å². The number of ether oxygens (including phenoxy) is 1. The highest BCUT2D eigenvalue weighted by Crippen LogP contribution is 2.18. The highest BCUT2D eigenvalue weighted by atomic mass is 16.6. The molecule has 0 aromatic carbocycles. The Hall–Kier alpha value is -1.79. The first-order valence-electron chi connectivity index (χ1n) is 7.55. The van der Waals surface area contributed by atoms with Crippen LogP contribution in [0.4, 0.5) is 4.79 Å². The summed E-state index contributed by atoms with van der Waals surface area (Å²) in [5.74, 6) is -0.256. The number of nitrogens with one attached hydrogen (secondary N) is 2. The van der Waals surface area contributed by atoms with Crippen molar-refractivity contribution in [3.8, 4) is 0 Å². The first-order valence-corrected chi connectivity index (χ1v) is 7.55. The molecular formula is C15H27N3O4. The van der Waals surface area contributed by atoms with Gasteiger partial charge in [0.2, 0.25) is 11.8 Å². The second kappa shape index (κ2) is 6.98. The van der Waals surface area contributed by atoms with E-state index in [2.05, 4.69) is 10.6 Å². The Morgan fingerprint density at radius 3 is 2.32 bits per heavy atom. The van der Waals surface area contributed by atoms with Gasteiger partial charge in [0.05, 0.1) is 6.04 Å². The molecule has 0 saturated carbocycles. The average Bonchev–Trinajstić information content (AvgIpc) is 2.66. The van der Waals surface area contributed by atoms with Gasteiger partial charge in [-0.25, -0.2) is 4.79 Å². The van der Waals surface area contributed by atoms with E-state index in [1.165, 1.54) is 6.92 Å². The third kappa shape index (κ3) is 5.54. The quantitative estimate of drug-likeness (QED) is 0.810. The largest absolute Gasteiger partial charge is 0.444 e. The van der Waals surface area contributed by atoms with E-state index in [1.54, 1.807) is 32.6 Å². The molecule has 7 nitrogen and oxygen atoms in total. The maximum absolute atomic E-state index is 12.3. The van der Waals surface area contributed by atoms with Crippen LogP contribution in [0.25, 0.3) is 0 Å². The number of alkyl carbamates (subject to hydrolysis) is 1. The second-order valence-electron chi connectivity index (χ2n) is 6.90. The van der Waals surface area contributed by atoms with Gasteiger partial charge in [-0.3, -0.25) is 9.59 Å². The lowest BCUT2D eigenvalue weighted by atomic mass is 10.1. The Labute approximate surface area is 131 Å². The summed E-state index contributed by atoms with van der Waals surface area (Å²) in [6.07, 6.45) is -0.478. The molecule has 126 valence electrons. The van der Waals surface area contributed by atoms with E-state index >= 15 is 0 Å². The van der Waals surface area contributed by atoms with Crippen LogP contribution in [-0.2, 0) is 14.3 Å². The van der Waals surface area contributed by atoms with E-state index in [9.17, 15) is 14.4 Å². The summed E-state index contributed by atoms with van der Waals surface area (Å²) < 4.78 is 5.23. The Morgan fingerprint density at radius 2 is 1.82 bits per heavy atom. The molecule has 0 aromatic heterocycles. The van der Waals surface area contributed by atoms with Crippen molar-refractivity contribution in [2.75, 3.05) is 13.1 Å². The van der Waals surface area contributed by atoms with Gasteiger partial charge < -0.3 is 20.3 Å². The molecule has 0 spiro atoms. The molecule has 1 aliphatic heterocycles. The van der Waals surface area contributed by atoms with E-state index in [4.69, 9.17) is 4.74 Å². The average molecular weight is 313 g/mol. The Morgan fingerprint density at radius 1 is 1.23 bits per heavy atom. The first-order chi connectivity index (χ1) is 9.99. The molecule has 1 heterocycles. The topological polar surface area (TPSA) is 87.7 Å². The number of hydrogen-bond donors (Lipinski definition) is 2. The molecule has 3 unspecified atom stereocenters. The lowest BCUT2D eigenvalue weighted by molar-refractivity contribution is -0.134. The minimum atomic E-state index is -0.565. The molecule has 1 rings (SSSR count). The van der Waals surface area contributed by atoms with Crippen LogP contribution in [0.1, 0.15) is 41.5 Å². The number of nitrogens with zero attached hydrogens (tertiary/aromatic N) is 1. The molecule has 1 aliphatic rings. The summed E-state index contributed by atoms with van der Waals surface area (Å²) in [6.45, 7) is 11.4. The molecule has 2 N–H and O–H groups in total. The highest BCUT2D eigenvalue weighted by molar-refractivity contribution is 5.86. The summed E-state index contributed by atoms with van der Waals surface area (Å²) in [7, 11) is 0. The number of carbonyl (C=O) groups is 3. The number of carbonyl (C=O) groups excluding carboxylic acids is 3. The van der Waals surface area contributed by atoms with E-state index in [-0.39, 0.29) is 23.8 Å². The molecule has 0 radical (unpaired) electrons. The lowest BCUT2D eigenvalue weighted by Crippen LogP contribution is -2.47. The minimum Gasteiger partial charge on any atom is -0.444 e. The normalized spacial score (nSPS) is 22.9.